The van der Waals surface area contributed by atoms with Gasteiger partial charge in [0.15, 0.2) is 13.3 Å². The van der Waals surface area contributed by atoms with Crippen LogP contribution in [0.25, 0.3) is 0 Å². The summed E-state index contributed by atoms with van der Waals surface area (Å²) in [6, 6.07) is 13.1. The second kappa shape index (κ2) is 7.04. The van der Waals surface area contributed by atoms with Gasteiger partial charge in [0.05, 0.1) is 18.2 Å². The first kappa shape index (κ1) is 16.5. The maximum atomic E-state index is 12.1. The third-order valence-corrected chi connectivity index (χ3v) is 3.65. The number of hydrogen-bond acceptors (Lipinski definition) is 6. The van der Waals surface area contributed by atoms with Gasteiger partial charge in [-0.15, -0.1) is 0 Å². The number of methoxy groups -OCH3 is 1. The third-order valence-electron chi connectivity index (χ3n) is 3.65. The molecule has 0 saturated heterocycles. The Morgan fingerprint density at radius 3 is 2.04 bits per heavy atom. The maximum absolute atomic E-state index is 12.1. The van der Waals surface area contributed by atoms with Gasteiger partial charge >= 0.3 is 5.97 Å². The van der Waals surface area contributed by atoms with E-state index in [0.29, 0.717) is 22.6 Å². The van der Waals surface area contributed by atoms with Gasteiger partial charge < -0.3 is 14.2 Å². The number of rotatable bonds is 6. The van der Waals surface area contributed by atoms with Gasteiger partial charge in [-0.05, 0) is 36.4 Å². The largest absolute Gasteiger partial charge is 0.497 e. The average molecular weight is 341 g/mol. The molecule has 1 aliphatic heterocycles. The summed E-state index contributed by atoms with van der Waals surface area (Å²) in [5.41, 5.74) is 0.607. The summed E-state index contributed by atoms with van der Waals surface area (Å²) >= 11 is 0. The zero-order chi connectivity index (χ0) is 17.8. The summed E-state index contributed by atoms with van der Waals surface area (Å²) in [6.45, 7) is -0.785. The molecule has 1 heterocycles. The topological polar surface area (TPSA) is 82.1 Å². The van der Waals surface area contributed by atoms with Crippen LogP contribution in [0.4, 0.5) is 0 Å². The summed E-state index contributed by atoms with van der Waals surface area (Å²) in [5.74, 6) is -0.514. The zero-order valence-corrected chi connectivity index (χ0v) is 13.4. The molecule has 2 aromatic rings. The molecule has 0 N–H and O–H groups in total. The molecule has 25 heavy (non-hydrogen) atoms. The van der Waals surface area contributed by atoms with Crippen molar-refractivity contribution < 1.29 is 28.6 Å². The van der Waals surface area contributed by atoms with E-state index in [0.717, 1.165) is 4.90 Å². The lowest BCUT2D eigenvalue weighted by Crippen LogP contribution is -2.34. The number of esters is 1. The van der Waals surface area contributed by atoms with Gasteiger partial charge in [0, 0.05) is 0 Å². The lowest BCUT2D eigenvalue weighted by molar-refractivity contribution is -0.148. The van der Waals surface area contributed by atoms with Crippen LogP contribution in [0.3, 0.4) is 0 Å². The van der Waals surface area contributed by atoms with Gasteiger partial charge in [0.2, 0.25) is 0 Å². The molecule has 0 atom stereocenters. The van der Waals surface area contributed by atoms with E-state index < -0.39 is 24.5 Å². The predicted octanol–water partition coefficient (Wildman–Crippen LogP) is 1.87. The Bertz CT molecular complexity index is 780. The first-order chi connectivity index (χ1) is 12.1. The lowest BCUT2D eigenvalue weighted by Gasteiger charge is -2.14. The number of hydrogen-bond donors (Lipinski definition) is 0. The molecule has 2 amide bonds. The molecule has 7 nitrogen and oxygen atoms in total. The number of fused-ring (bicyclic) bond motifs is 1. The fourth-order valence-corrected chi connectivity index (χ4v) is 2.35. The molecule has 0 radical (unpaired) electrons. The molecule has 0 aliphatic carbocycles. The van der Waals surface area contributed by atoms with Crippen molar-refractivity contribution in [3.05, 3.63) is 59.7 Å². The average Bonchev–Trinajstić information content (AvgIpc) is 2.89. The van der Waals surface area contributed by atoms with E-state index in [1.165, 1.54) is 0 Å². The van der Waals surface area contributed by atoms with Crippen molar-refractivity contribution in [3.63, 3.8) is 0 Å². The minimum absolute atomic E-state index is 0.304. The van der Waals surface area contributed by atoms with Crippen LogP contribution in [0.5, 0.6) is 11.5 Å². The molecule has 0 fully saturated rings. The number of carbonyl (C=O) groups excluding carboxylic acids is 3. The van der Waals surface area contributed by atoms with E-state index in [-0.39, 0.29) is 6.61 Å². The standard InChI is InChI=1S/C18H15NO6/c1-23-12-6-8-13(9-7-12)24-10-16(20)25-11-19-17(21)14-4-2-3-5-15(14)18(19)22/h2-9H,10-11H2,1H3. The highest BCUT2D eigenvalue weighted by Gasteiger charge is 2.35. The molecule has 0 saturated carbocycles. The molecule has 7 heteroatoms. The number of carbonyl (C=O) groups is 3. The SMILES string of the molecule is COc1ccc(OCC(=O)OCN2C(=O)c3ccccc3C2=O)cc1. The molecule has 0 unspecified atom stereocenters. The normalized spacial score (nSPS) is 12.8. The van der Waals surface area contributed by atoms with Crippen LogP contribution in [0, 0.1) is 0 Å². The van der Waals surface area contributed by atoms with E-state index in [4.69, 9.17) is 14.2 Å². The van der Waals surface area contributed by atoms with E-state index in [1.54, 1.807) is 55.6 Å². The molecule has 2 aromatic carbocycles. The first-order valence-corrected chi connectivity index (χ1v) is 7.48. The molecule has 3 rings (SSSR count). The smallest absolute Gasteiger partial charge is 0.345 e. The Morgan fingerprint density at radius 1 is 0.920 bits per heavy atom. The van der Waals surface area contributed by atoms with Crippen molar-refractivity contribution in [2.75, 3.05) is 20.4 Å². The predicted molar refractivity (Wildman–Crippen MR) is 86.4 cm³/mol. The van der Waals surface area contributed by atoms with Crippen molar-refractivity contribution in [1.82, 2.24) is 4.90 Å². The highest BCUT2D eigenvalue weighted by molar-refractivity contribution is 6.21. The summed E-state index contributed by atoms with van der Waals surface area (Å²) in [6.07, 6.45) is 0. The Morgan fingerprint density at radius 2 is 1.48 bits per heavy atom. The lowest BCUT2D eigenvalue weighted by atomic mass is 10.1. The number of nitrogens with zero attached hydrogens (tertiary/aromatic N) is 1. The number of ether oxygens (including phenoxy) is 3. The fourth-order valence-electron chi connectivity index (χ4n) is 2.35. The number of imide groups is 1. The van der Waals surface area contributed by atoms with Crippen molar-refractivity contribution >= 4 is 17.8 Å². The van der Waals surface area contributed by atoms with Crippen LogP contribution in [0.1, 0.15) is 20.7 Å². The Labute approximate surface area is 143 Å². The summed E-state index contributed by atoms with van der Waals surface area (Å²) in [4.78, 5) is 36.9. The molecule has 0 aromatic heterocycles. The molecule has 128 valence electrons. The first-order valence-electron chi connectivity index (χ1n) is 7.48. The van der Waals surface area contributed by atoms with Crippen LogP contribution in [-0.2, 0) is 9.53 Å². The van der Waals surface area contributed by atoms with E-state index >= 15 is 0 Å². The minimum Gasteiger partial charge on any atom is -0.497 e. The van der Waals surface area contributed by atoms with Crippen molar-refractivity contribution in [1.29, 1.82) is 0 Å². The fraction of sp³-hybridized carbons (Fsp3) is 0.167. The summed E-state index contributed by atoms with van der Waals surface area (Å²) in [5, 5.41) is 0. The quantitative estimate of drug-likeness (QED) is 0.589. The van der Waals surface area contributed by atoms with Crippen LogP contribution < -0.4 is 9.47 Å². The van der Waals surface area contributed by atoms with Crippen LogP contribution in [-0.4, -0.2) is 43.1 Å². The minimum atomic E-state index is -0.688. The highest BCUT2D eigenvalue weighted by atomic mass is 16.6. The second-order valence-corrected chi connectivity index (χ2v) is 5.19. The van der Waals surface area contributed by atoms with E-state index in [2.05, 4.69) is 0 Å². The van der Waals surface area contributed by atoms with E-state index in [1.807, 2.05) is 0 Å². The van der Waals surface area contributed by atoms with Crippen LogP contribution in [0.15, 0.2) is 48.5 Å². The molecule has 0 bridgehead atoms. The third kappa shape index (κ3) is 3.45. The molecule has 0 spiro atoms. The molecular weight excluding hydrogens is 326 g/mol. The highest BCUT2D eigenvalue weighted by Crippen LogP contribution is 2.22. The monoisotopic (exact) mass is 341 g/mol. The van der Waals surface area contributed by atoms with Crippen molar-refractivity contribution in [2.24, 2.45) is 0 Å². The maximum Gasteiger partial charge on any atom is 0.345 e. The van der Waals surface area contributed by atoms with Crippen LogP contribution in [0.2, 0.25) is 0 Å². The van der Waals surface area contributed by atoms with Gasteiger partial charge in [-0.1, -0.05) is 12.1 Å². The summed E-state index contributed by atoms with van der Waals surface area (Å²) in [7, 11) is 1.55. The van der Waals surface area contributed by atoms with Gasteiger partial charge in [0.25, 0.3) is 11.8 Å². The van der Waals surface area contributed by atoms with Crippen LogP contribution >= 0.6 is 0 Å². The molecule has 1 aliphatic rings. The van der Waals surface area contributed by atoms with Gasteiger partial charge in [-0.3, -0.25) is 9.59 Å². The van der Waals surface area contributed by atoms with Gasteiger partial charge in [-0.2, -0.15) is 0 Å². The summed E-state index contributed by atoms with van der Waals surface area (Å²) < 4.78 is 15.3. The Kier molecular flexibility index (Phi) is 4.65. The number of amides is 2. The Hall–Kier alpha value is -3.35. The number of benzene rings is 2. The zero-order valence-electron chi connectivity index (χ0n) is 13.4. The molecular formula is C18H15NO6. The van der Waals surface area contributed by atoms with Crippen molar-refractivity contribution in [3.8, 4) is 11.5 Å². The van der Waals surface area contributed by atoms with Gasteiger partial charge in [-0.25, -0.2) is 9.69 Å². The van der Waals surface area contributed by atoms with Gasteiger partial charge in [0.1, 0.15) is 11.5 Å². The van der Waals surface area contributed by atoms with Crippen molar-refractivity contribution in [2.45, 2.75) is 0 Å². The van der Waals surface area contributed by atoms with E-state index in [9.17, 15) is 14.4 Å². The second-order valence-electron chi connectivity index (χ2n) is 5.19. The Balaban J connectivity index is 1.51.